The van der Waals surface area contributed by atoms with Crippen LogP contribution < -0.4 is 10.6 Å². The van der Waals surface area contributed by atoms with E-state index in [1.54, 1.807) is 37.3 Å². The van der Waals surface area contributed by atoms with Crippen molar-refractivity contribution >= 4 is 40.8 Å². The lowest BCUT2D eigenvalue weighted by Crippen LogP contribution is -2.29. The third kappa shape index (κ3) is 6.85. The third-order valence-electron chi connectivity index (χ3n) is 4.01. The number of benzene rings is 2. The number of rotatable bonds is 8. The average molecular weight is 434 g/mol. The van der Waals surface area contributed by atoms with E-state index in [1.807, 2.05) is 0 Å². The summed E-state index contributed by atoms with van der Waals surface area (Å²) in [7, 11) is 0. The number of nitrogens with one attached hydrogen (secondary N) is 2. The maximum absolute atomic E-state index is 12.2. The molecule has 0 aromatic heterocycles. The van der Waals surface area contributed by atoms with Gasteiger partial charge in [-0.15, -0.1) is 0 Å². The van der Waals surface area contributed by atoms with E-state index in [0.717, 1.165) is 0 Å². The largest absolute Gasteiger partial charge is 0.455 e. The summed E-state index contributed by atoms with van der Waals surface area (Å²) in [5, 5.41) is 16.6. The molecule has 30 heavy (non-hydrogen) atoms. The van der Waals surface area contributed by atoms with Crippen molar-refractivity contribution in [1.82, 2.24) is 5.32 Å². The summed E-state index contributed by atoms with van der Waals surface area (Å²) in [5.41, 5.74) is 1.05. The molecule has 1 atom stereocenters. The van der Waals surface area contributed by atoms with Crippen LogP contribution in [0.4, 0.5) is 11.4 Å². The molecule has 0 aliphatic rings. The van der Waals surface area contributed by atoms with Gasteiger partial charge in [0.25, 0.3) is 11.6 Å². The lowest BCUT2D eigenvalue weighted by molar-refractivity contribution is -0.384. The molecule has 2 N–H and O–H groups in total. The monoisotopic (exact) mass is 433 g/mol. The molecule has 0 saturated heterocycles. The van der Waals surface area contributed by atoms with Crippen molar-refractivity contribution in [2.24, 2.45) is 0 Å². The molecule has 1 unspecified atom stereocenters. The summed E-state index contributed by atoms with van der Waals surface area (Å²) >= 11 is 5.85. The van der Waals surface area contributed by atoms with Crippen molar-refractivity contribution in [3.63, 3.8) is 0 Å². The van der Waals surface area contributed by atoms with Crippen molar-refractivity contribution in [1.29, 1.82) is 0 Å². The number of aryl methyl sites for hydroxylation is 1. The molecule has 158 valence electrons. The van der Waals surface area contributed by atoms with E-state index in [0.29, 0.717) is 16.1 Å². The number of halogens is 1. The summed E-state index contributed by atoms with van der Waals surface area (Å²) in [6, 6.07) is 10.3. The van der Waals surface area contributed by atoms with Gasteiger partial charge >= 0.3 is 5.97 Å². The van der Waals surface area contributed by atoms with Crippen molar-refractivity contribution in [3.05, 3.63) is 68.7 Å². The molecule has 0 heterocycles. The summed E-state index contributed by atoms with van der Waals surface area (Å²) < 4.78 is 4.96. The first-order valence-electron chi connectivity index (χ1n) is 8.89. The zero-order valence-electron chi connectivity index (χ0n) is 16.3. The van der Waals surface area contributed by atoms with Crippen LogP contribution in [0.25, 0.3) is 0 Å². The first kappa shape index (κ1) is 22.8. The molecule has 0 aliphatic carbocycles. The zero-order chi connectivity index (χ0) is 22.3. The first-order chi connectivity index (χ1) is 14.2. The summed E-state index contributed by atoms with van der Waals surface area (Å²) in [5.74, 6) is -1.79. The predicted octanol–water partition coefficient (Wildman–Crippen LogP) is 3.31. The SMILES string of the molecule is CC(=O)NC(CC(=O)OCC(=O)Nc1ccc(C)cc1[N+](=O)[O-])c1ccc(Cl)cc1. The van der Waals surface area contributed by atoms with Gasteiger partial charge in [-0.05, 0) is 36.2 Å². The molecule has 0 aliphatic heterocycles. The van der Waals surface area contributed by atoms with Crippen LogP contribution in [0.2, 0.25) is 5.02 Å². The second kappa shape index (κ2) is 10.4. The van der Waals surface area contributed by atoms with Gasteiger partial charge in [-0.25, -0.2) is 0 Å². The van der Waals surface area contributed by atoms with E-state index < -0.39 is 29.4 Å². The molecular weight excluding hydrogens is 414 g/mol. The Labute approximate surface area is 177 Å². The number of carbonyl (C=O) groups excluding carboxylic acids is 3. The molecule has 2 aromatic carbocycles. The van der Waals surface area contributed by atoms with Crippen LogP contribution in [0, 0.1) is 17.0 Å². The number of nitrogens with zero attached hydrogens (tertiary/aromatic N) is 1. The van der Waals surface area contributed by atoms with Gasteiger partial charge in [0.05, 0.1) is 17.4 Å². The highest BCUT2D eigenvalue weighted by Crippen LogP contribution is 2.25. The molecule has 2 rings (SSSR count). The van der Waals surface area contributed by atoms with Gasteiger partial charge in [0, 0.05) is 18.0 Å². The molecule has 0 saturated carbocycles. The van der Waals surface area contributed by atoms with E-state index >= 15 is 0 Å². The van der Waals surface area contributed by atoms with Crippen LogP contribution in [0.1, 0.15) is 30.5 Å². The van der Waals surface area contributed by atoms with Gasteiger partial charge in [0.15, 0.2) is 6.61 Å². The molecule has 0 fully saturated rings. The Kier molecular flexibility index (Phi) is 7.88. The lowest BCUT2D eigenvalue weighted by atomic mass is 10.0. The number of nitro groups is 1. The van der Waals surface area contributed by atoms with Gasteiger partial charge < -0.3 is 15.4 Å². The van der Waals surface area contributed by atoms with Crippen molar-refractivity contribution in [2.75, 3.05) is 11.9 Å². The van der Waals surface area contributed by atoms with Gasteiger partial charge in [-0.1, -0.05) is 29.8 Å². The van der Waals surface area contributed by atoms with E-state index in [9.17, 15) is 24.5 Å². The van der Waals surface area contributed by atoms with Crippen LogP contribution in [0.3, 0.4) is 0 Å². The lowest BCUT2D eigenvalue weighted by Gasteiger charge is -2.17. The molecule has 0 spiro atoms. The predicted molar refractivity (Wildman–Crippen MR) is 110 cm³/mol. The number of ether oxygens (including phenoxy) is 1. The van der Waals surface area contributed by atoms with E-state index in [1.165, 1.54) is 19.1 Å². The Morgan fingerprint density at radius 3 is 2.43 bits per heavy atom. The number of carbonyl (C=O) groups is 3. The van der Waals surface area contributed by atoms with Gasteiger partial charge in [-0.3, -0.25) is 24.5 Å². The van der Waals surface area contributed by atoms with Gasteiger partial charge in [0.2, 0.25) is 5.91 Å². The normalized spacial score (nSPS) is 11.3. The standard InChI is InChI=1S/C20H20ClN3O6/c1-12-3-8-16(18(9-12)24(28)29)23-19(26)11-30-20(27)10-17(22-13(2)25)14-4-6-15(21)7-5-14/h3-9,17H,10-11H2,1-2H3,(H,22,25)(H,23,26). The highest BCUT2D eigenvalue weighted by molar-refractivity contribution is 6.30. The molecule has 2 aromatic rings. The molecule has 10 heteroatoms. The third-order valence-corrected chi connectivity index (χ3v) is 4.26. The maximum Gasteiger partial charge on any atom is 0.308 e. The van der Waals surface area contributed by atoms with E-state index in [4.69, 9.17) is 16.3 Å². The number of amides is 2. The Morgan fingerprint density at radius 2 is 1.83 bits per heavy atom. The summed E-state index contributed by atoms with van der Waals surface area (Å²) in [6.45, 7) is 2.38. The Bertz CT molecular complexity index is 962. The van der Waals surface area contributed by atoms with Gasteiger partial charge in [0.1, 0.15) is 5.69 Å². The highest BCUT2D eigenvalue weighted by Gasteiger charge is 2.20. The second-order valence-electron chi connectivity index (χ2n) is 6.50. The molecular formula is C20H20ClN3O6. The van der Waals surface area contributed by atoms with Crippen LogP contribution in [0.15, 0.2) is 42.5 Å². The fourth-order valence-electron chi connectivity index (χ4n) is 2.65. The maximum atomic E-state index is 12.2. The Hall–Kier alpha value is -3.46. The van der Waals surface area contributed by atoms with Crippen LogP contribution >= 0.6 is 11.6 Å². The number of anilines is 1. The highest BCUT2D eigenvalue weighted by atomic mass is 35.5. The fourth-order valence-corrected chi connectivity index (χ4v) is 2.78. The zero-order valence-corrected chi connectivity index (χ0v) is 17.1. The topological polar surface area (TPSA) is 128 Å². The van der Waals surface area contributed by atoms with Crippen molar-refractivity contribution in [2.45, 2.75) is 26.3 Å². The minimum atomic E-state index is -0.725. The smallest absolute Gasteiger partial charge is 0.308 e. The van der Waals surface area contributed by atoms with Gasteiger partial charge in [-0.2, -0.15) is 0 Å². The minimum absolute atomic E-state index is 0.00364. The number of nitro benzene ring substituents is 1. The Balaban J connectivity index is 1.97. The van der Waals surface area contributed by atoms with Crippen LogP contribution in [0.5, 0.6) is 0 Å². The molecule has 0 radical (unpaired) electrons. The quantitative estimate of drug-likeness (QED) is 0.373. The summed E-state index contributed by atoms with van der Waals surface area (Å²) in [4.78, 5) is 46.2. The van der Waals surface area contributed by atoms with E-state index in [-0.39, 0.29) is 23.7 Å². The van der Waals surface area contributed by atoms with Crippen molar-refractivity contribution in [3.8, 4) is 0 Å². The number of hydrogen-bond donors (Lipinski definition) is 2. The first-order valence-corrected chi connectivity index (χ1v) is 9.26. The molecule has 2 amide bonds. The minimum Gasteiger partial charge on any atom is -0.455 e. The summed E-state index contributed by atoms with van der Waals surface area (Å²) in [6.07, 6.45) is -0.209. The average Bonchev–Trinajstić information content (AvgIpc) is 2.67. The molecule has 9 nitrogen and oxygen atoms in total. The molecule has 0 bridgehead atoms. The fraction of sp³-hybridized carbons (Fsp3) is 0.250. The second-order valence-corrected chi connectivity index (χ2v) is 6.93. The number of esters is 1. The van der Waals surface area contributed by atoms with Crippen LogP contribution in [-0.4, -0.2) is 29.3 Å². The Morgan fingerprint density at radius 1 is 1.17 bits per heavy atom. The van der Waals surface area contributed by atoms with Crippen LogP contribution in [-0.2, 0) is 19.1 Å². The van der Waals surface area contributed by atoms with E-state index in [2.05, 4.69) is 10.6 Å². The number of hydrogen-bond acceptors (Lipinski definition) is 6. The van der Waals surface area contributed by atoms with Crippen molar-refractivity contribution < 1.29 is 24.0 Å².